The molecule has 5 nitrogen and oxygen atoms in total. The van der Waals surface area contributed by atoms with Crippen LogP contribution in [0.3, 0.4) is 0 Å². The van der Waals surface area contributed by atoms with Crippen LogP contribution in [0, 0.1) is 5.92 Å². The third-order valence-corrected chi connectivity index (χ3v) is 6.13. The fourth-order valence-electron chi connectivity index (χ4n) is 4.03. The van der Waals surface area contributed by atoms with E-state index in [1.165, 1.54) is 17.7 Å². The van der Waals surface area contributed by atoms with Gasteiger partial charge in [-0.05, 0) is 40.9 Å². The number of amides is 1. The van der Waals surface area contributed by atoms with Crippen LogP contribution in [0.15, 0.2) is 16.6 Å². The summed E-state index contributed by atoms with van der Waals surface area (Å²) in [5.74, 6) is 1.07. The number of aromatic hydroxyl groups is 1. The summed E-state index contributed by atoms with van der Waals surface area (Å²) in [5, 5.41) is 13.2. The highest BCUT2D eigenvalue weighted by Crippen LogP contribution is 2.35. The summed E-state index contributed by atoms with van der Waals surface area (Å²) in [6.45, 7) is 2.89. The molecular formula is C19H28BrN2O3+. The lowest BCUT2D eigenvalue weighted by atomic mass is 9.95. The van der Waals surface area contributed by atoms with E-state index in [0.717, 1.165) is 50.9 Å². The number of likely N-dealkylation sites (tertiary alicyclic amines) is 1. The Morgan fingerprint density at radius 3 is 2.60 bits per heavy atom. The van der Waals surface area contributed by atoms with Gasteiger partial charge in [-0.15, -0.1) is 0 Å². The van der Waals surface area contributed by atoms with Crippen LogP contribution in [0.1, 0.15) is 44.1 Å². The van der Waals surface area contributed by atoms with Crippen LogP contribution in [0.4, 0.5) is 0 Å². The van der Waals surface area contributed by atoms with Crippen LogP contribution in [-0.4, -0.2) is 37.3 Å². The van der Waals surface area contributed by atoms with E-state index in [9.17, 15) is 9.90 Å². The maximum Gasteiger partial charge on any atom is 0.223 e. The second-order valence-corrected chi connectivity index (χ2v) is 8.17. The highest BCUT2D eigenvalue weighted by molar-refractivity contribution is 9.10. The quantitative estimate of drug-likeness (QED) is 0.694. The molecule has 25 heavy (non-hydrogen) atoms. The van der Waals surface area contributed by atoms with Gasteiger partial charge in [0.15, 0.2) is 11.5 Å². The van der Waals surface area contributed by atoms with Crippen LogP contribution >= 0.6 is 15.9 Å². The van der Waals surface area contributed by atoms with E-state index < -0.39 is 0 Å². The van der Waals surface area contributed by atoms with Gasteiger partial charge in [0.25, 0.3) is 0 Å². The Balaban J connectivity index is 1.50. The van der Waals surface area contributed by atoms with Crippen molar-refractivity contribution in [2.24, 2.45) is 5.92 Å². The number of phenols is 1. The third-order valence-electron chi connectivity index (χ3n) is 5.53. The summed E-state index contributed by atoms with van der Waals surface area (Å²) >= 11 is 3.38. The van der Waals surface area contributed by atoms with Crippen molar-refractivity contribution in [3.05, 3.63) is 22.2 Å². The Labute approximate surface area is 157 Å². The normalized spacial score (nSPS) is 24.2. The van der Waals surface area contributed by atoms with Gasteiger partial charge in [0.05, 0.1) is 24.7 Å². The zero-order valence-corrected chi connectivity index (χ0v) is 16.4. The first-order chi connectivity index (χ1) is 12.1. The summed E-state index contributed by atoms with van der Waals surface area (Å²) in [6, 6.07) is 4.26. The average molecular weight is 412 g/mol. The lowest BCUT2D eigenvalue weighted by molar-refractivity contribution is -0.919. The molecule has 3 N–H and O–H groups in total. The molecule has 1 amide bonds. The molecule has 138 valence electrons. The number of rotatable bonds is 5. The SMILES string of the molecule is COc1cc(C[NH+]2CCC(C(=O)NC3CCCC3)CC2)cc(Br)c1O. The highest BCUT2D eigenvalue weighted by atomic mass is 79.9. The molecule has 0 radical (unpaired) electrons. The topological polar surface area (TPSA) is 63.0 Å². The summed E-state index contributed by atoms with van der Waals surface area (Å²) in [6.07, 6.45) is 6.69. The van der Waals surface area contributed by atoms with E-state index in [1.54, 1.807) is 7.11 Å². The van der Waals surface area contributed by atoms with Crippen molar-refractivity contribution in [2.75, 3.05) is 20.2 Å². The fraction of sp³-hybridized carbons (Fsp3) is 0.632. The molecule has 0 aromatic heterocycles. The number of piperidine rings is 1. The molecule has 0 unspecified atom stereocenters. The van der Waals surface area contributed by atoms with Crippen molar-refractivity contribution in [3.63, 3.8) is 0 Å². The molecule has 0 atom stereocenters. The maximum atomic E-state index is 12.4. The Morgan fingerprint density at radius 2 is 1.96 bits per heavy atom. The third kappa shape index (κ3) is 4.67. The number of carbonyl (C=O) groups is 1. The molecule has 1 aromatic carbocycles. The molecule has 3 rings (SSSR count). The minimum Gasteiger partial charge on any atom is -0.503 e. The van der Waals surface area contributed by atoms with Gasteiger partial charge in [-0.1, -0.05) is 12.8 Å². The highest BCUT2D eigenvalue weighted by Gasteiger charge is 2.29. The van der Waals surface area contributed by atoms with Gasteiger partial charge < -0.3 is 20.1 Å². The van der Waals surface area contributed by atoms with Crippen LogP contribution in [0.25, 0.3) is 0 Å². The zero-order chi connectivity index (χ0) is 17.8. The van der Waals surface area contributed by atoms with Gasteiger partial charge in [-0.3, -0.25) is 4.79 Å². The second-order valence-electron chi connectivity index (χ2n) is 7.32. The minimum atomic E-state index is 0.142. The number of methoxy groups -OCH3 is 1. The number of hydrogen-bond acceptors (Lipinski definition) is 3. The van der Waals surface area contributed by atoms with Gasteiger partial charge in [0.2, 0.25) is 5.91 Å². The maximum absolute atomic E-state index is 12.4. The predicted octanol–water partition coefficient (Wildman–Crippen LogP) is 2.02. The molecule has 2 aliphatic rings. The van der Waals surface area contributed by atoms with Crippen molar-refractivity contribution < 1.29 is 19.5 Å². The Hall–Kier alpha value is -1.27. The van der Waals surface area contributed by atoms with E-state index >= 15 is 0 Å². The van der Waals surface area contributed by atoms with Crippen molar-refractivity contribution in [1.29, 1.82) is 0 Å². The van der Waals surface area contributed by atoms with Crippen molar-refractivity contribution in [1.82, 2.24) is 5.32 Å². The molecule has 0 bridgehead atoms. The molecule has 0 spiro atoms. The number of hydrogen-bond donors (Lipinski definition) is 3. The molecule has 1 aliphatic carbocycles. The number of halogens is 1. The molecule has 1 aliphatic heterocycles. The van der Waals surface area contributed by atoms with E-state index in [-0.39, 0.29) is 17.6 Å². The first-order valence-corrected chi connectivity index (χ1v) is 10.1. The van der Waals surface area contributed by atoms with Gasteiger partial charge >= 0.3 is 0 Å². The number of ether oxygens (including phenoxy) is 1. The van der Waals surface area contributed by atoms with Crippen LogP contribution in [-0.2, 0) is 11.3 Å². The smallest absolute Gasteiger partial charge is 0.223 e. The Bertz CT molecular complexity index is 609. The fourth-order valence-corrected chi connectivity index (χ4v) is 4.52. The number of phenolic OH excluding ortho intramolecular Hbond substituents is 1. The lowest BCUT2D eigenvalue weighted by Gasteiger charge is -2.29. The van der Waals surface area contributed by atoms with Gasteiger partial charge in [-0.25, -0.2) is 0 Å². The summed E-state index contributed by atoms with van der Waals surface area (Å²) < 4.78 is 5.88. The second kappa shape index (κ2) is 8.41. The van der Waals surface area contributed by atoms with E-state index in [1.807, 2.05) is 12.1 Å². The predicted molar refractivity (Wildman–Crippen MR) is 99.9 cm³/mol. The molecule has 1 heterocycles. The number of nitrogens with one attached hydrogen (secondary N) is 2. The van der Waals surface area contributed by atoms with E-state index in [0.29, 0.717) is 16.3 Å². The number of quaternary nitrogens is 1. The van der Waals surface area contributed by atoms with Crippen molar-refractivity contribution in [2.45, 2.75) is 51.1 Å². The number of carbonyl (C=O) groups excluding carboxylic acids is 1. The largest absolute Gasteiger partial charge is 0.503 e. The van der Waals surface area contributed by atoms with Crippen LogP contribution < -0.4 is 15.0 Å². The van der Waals surface area contributed by atoms with Crippen LogP contribution in [0.2, 0.25) is 0 Å². The van der Waals surface area contributed by atoms with Gasteiger partial charge in [0, 0.05) is 30.4 Å². The molecule has 1 aromatic rings. The summed E-state index contributed by atoms with van der Waals surface area (Å²) in [7, 11) is 1.56. The molecular weight excluding hydrogens is 384 g/mol. The molecule has 6 heteroatoms. The standard InChI is InChI=1S/C19H27BrN2O3/c1-25-17-11-13(10-16(20)18(17)23)12-22-8-6-14(7-9-22)19(24)21-15-4-2-3-5-15/h10-11,14-15,23H,2-9,12H2,1H3,(H,21,24)/p+1. The molecule has 1 saturated carbocycles. The van der Waals surface area contributed by atoms with Gasteiger partial charge in [-0.2, -0.15) is 0 Å². The average Bonchev–Trinajstić information content (AvgIpc) is 3.11. The van der Waals surface area contributed by atoms with Crippen molar-refractivity contribution in [3.8, 4) is 11.5 Å². The van der Waals surface area contributed by atoms with Crippen molar-refractivity contribution >= 4 is 21.8 Å². The first-order valence-electron chi connectivity index (χ1n) is 9.26. The van der Waals surface area contributed by atoms with Crippen LogP contribution in [0.5, 0.6) is 11.5 Å². The zero-order valence-electron chi connectivity index (χ0n) is 14.8. The van der Waals surface area contributed by atoms with E-state index in [2.05, 4.69) is 21.2 Å². The molecule has 2 fully saturated rings. The van der Waals surface area contributed by atoms with E-state index in [4.69, 9.17) is 4.74 Å². The minimum absolute atomic E-state index is 0.142. The van der Waals surface area contributed by atoms with Gasteiger partial charge in [0.1, 0.15) is 6.54 Å². The Kier molecular flexibility index (Phi) is 6.23. The first kappa shape index (κ1) is 18.5. The number of benzene rings is 1. The monoisotopic (exact) mass is 411 g/mol. The summed E-state index contributed by atoms with van der Waals surface area (Å²) in [5.41, 5.74) is 1.13. The molecule has 1 saturated heterocycles. The summed E-state index contributed by atoms with van der Waals surface area (Å²) in [4.78, 5) is 13.9. The lowest BCUT2D eigenvalue weighted by Crippen LogP contribution is -3.11. The Morgan fingerprint density at radius 1 is 1.28 bits per heavy atom.